The van der Waals surface area contributed by atoms with Gasteiger partial charge in [0.25, 0.3) is 0 Å². The summed E-state index contributed by atoms with van der Waals surface area (Å²) in [4.78, 5) is 0. The molecule has 0 aliphatic rings. The molecule has 0 radical (unpaired) electrons. The minimum absolute atomic E-state index is 0. The molecule has 0 atom stereocenters. The van der Waals surface area contributed by atoms with Crippen LogP contribution in [0.5, 0.6) is 0 Å². The Morgan fingerprint density at radius 3 is 0.778 bits per heavy atom. The van der Waals surface area contributed by atoms with E-state index in [1.807, 2.05) is 0 Å². The molecule has 0 fully saturated rings. The number of hydrogen-bond donors (Lipinski definition) is 0. The average molecular weight is 334 g/mol. The van der Waals surface area contributed by atoms with Crippen molar-refractivity contribution in [1.29, 1.82) is 0 Å². The zero-order valence-corrected chi connectivity index (χ0v) is 18.9. The maximum absolute atomic E-state index is 2.51. The van der Waals surface area contributed by atoms with Gasteiger partial charge < -0.3 is 0 Å². The van der Waals surface area contributed by atoms with Crippen LogP contribution in [0.2, 0.25) is 0 Å². The van der Waals surface area contributed by atoms with Crippen molar-refractivity contribution in [2.24, 2.45) is 0 Å². The van der Waals surface area contributed by atoms with Crippen molar-refractivity contribution in [3.8, 4) is 0 Å². The van der Waals surface area contributed by atoms with Gasteiger partial charge in [0.1, 0.15) is 0 Å². The van der Waals surface area contributed by atoms with E-state index in [1.165, 1.54) is 0 Å². The monoisotopic (exact) mass is 334 g/mol. The van der Waals surface area contributed by atoms with Crippen molar-refractivity contribution in [2.45, 2.75) is 0 Å². The molecule has 0 aromatic heterocycles. The molecule has 0 aliphatic carbocycles. The van der Waals surface area contributed by atoms with Crippen LogP contribution in [0, 0.1) is 0 Å². The van der Waals surface area contributed by atoms with E-state index >= 15 is 0 Å². The Kier molecular flexibility index (Phi) is 14.7. The van der Waals surface area contributed by atoms with Gasteiger partial charge in [0.05, 0.1) is 0 Å². The maximum atomic E-state index is 2.51. The van der Waals surface area contributed by atoms with Gasteiger partial charge in [-0.15, -0.1) is 0 Å². The zero-order chi connectivity index (χ0) is 13.6. The second-order valence-electron chi connectivity index (χ2n) is 6.78. The van der Waals surface area contributed by atoms with Gasteiger partial charge in [0, 0.05) is 0 Å². The molecule has 0 N–H and O–H groups in total. The normalized spacial score (nSPS) is 12.7. The molecule has 0 bridgehead atoms. The zero-order valence-electron chi connectivity index (χ0n) is 14.2. The fraction of sp³-hybridized carbons (Fsp3) is 1.00. The van der Waals surface area contributed by atoms with Crippen LogP contribution in [-0.2, 0) is 0 Å². The topological polar surface area (TPSA) is 0 Å². The molecular weight excluding hydrogens is 302 g/mol. The summed E-state index contributed by atoms with van der Waals surface area (Å²) in [6, 6.07) is 0. The summed E-state index contributed by atoms with van der Waals surface area (Å²) in [5, 5.41) is 6.74. The third-order valence-corrected chi connectivity index (χ3v) is 27.1. The van der Waals surface area contributed by atoms with Crippen LogP contribution in [0.15, 0.2) is 0 Å². The van der Waals surface area contributed by atoms with E-state index < -0.39 is 13.1 Å². The summed E-state index contributed by atoms with van der Waals surface area (Å²) >= 11 is -1.26. The predicted octanol–water partition coefficient (Wildman–Crippen LogP) is 1.56. The Morgan fingerprint density at radius 1 is 0.500 bits per heavy atom. The molecule has 6 heteroatoms. The smallest absolute Gasteiger partial charge is 0.170 e. The molecule has 0 rings (SSSR count). The first-order valence-electron chi connectivity index (χ1n) is 6.48. The summed E-state index contributed by atoms with van der Waals surface area (Å²) in [5.41, 5.74) is 0. The summed E-state index contributed by atoms with van der Waals surface area (Å²) in [5.74, 6) is 0. The molecule has 0 amide bonds. The SMILES string of the molecule is CP(C)[CH2][Al-]([CH2]P(C)C)([CH2]P(C)C)[CH2]P(C)C.[Li+]. The standard InChI is InChI=1S/4C3H8P.Al.Li/c4*1-4(2)3;;/h4*1H2,2-3H3;;/q;;;;-1;+1. The van der Waals surface area contributed by atoms with E-state index in [-0.39, 0.29) is 18.9 Å². The first kappa shape index (κ1) is 23.1. The molecule has 0 aromatic carbocycles. The Morgan fingerprint density at radius 2 is 0.667 bits per heavy atom. The summed E-state index contributed by atoms with van der Waals surface area (Å²) < 4.78 is 0. The van der Waals surface area contributed by atoms with Crippen LogP contribution in [0.1, 0.15) is 0 Å². The minimum Gasteiger partial charge on any atom is -0.170 e. The quantitative estimate of drug-likeness (QED) is 0.467. The van der Waals surface area contributed by atoms with Crippen molar-refractivity contribution >= 4 is 44.8 Å². The number of rotatable bonds is 8. The maximum Gasteiger partial charge on any atom is 1.00 e. The van der Waals surface area contributed by atoms with Crippen LogP contribution < -0.4 is 18.9 Å². The van der Waals surface area contributed by atoms with E-state index in [4.69, 9.17) is 0 Å². The van der Waals surface area contributed by atoms with E-state index in [0.717, 1.165) is 0 Å². The Balaban J connectivity index is 0. The van der Waals surface area contributed by atoms with Gasteiger partial charge in [-0.1, -0.05) is 0 Å². The van der Waals surface area contributed by atoms with Gasteiger partial charge in [-0.2, -0.15) is 51.8 Å². The van der Waals surface area contributed by atoms with Crippen LogP contribution >= 0.6 is 31.7 Å². The van der Waals surface area contributed by atoms with Gasteiger partial charge >= 0.3 is 18.9 Å². The molecule has 0 heterocycles. The van der Waals surface area contributed by atoms with E-state index in [2.05, 4.69) is 53.3 Å². The van der Waals surface area contributed by atoms with Gasteiger partial charge in [-0.05, 0) is 53.3 Å². The van der Waals surface area contributed by atoms with Crippen molar-refractivity contribution in [3.05, 3.63) is 0 Å². The second-order valence-corrected chi connectivity index (χ2v) is 24.7. The first-order valence-corrected chi connectivity index (χ1v) is 19.4. The molecule has 0 spiro atoms. The van der Waals surface area contributed by atoms with Crippen LogP contribution in [-0.4, -0.2) is 86.5 Å². The van der Waals surface area contributed by atoms with Crippen molar-refractivity contribution in [2.75, 3.05) is 73.4 Å². The van der Waals surface area contributed by atoms with Gasteiger partial charge in [0.2, 0.25) is 0 Å². The third kappa shape index (κ3) is 11.5. The van der Waals surface area contributed by atoms with E-state index in [9.17, 15) is 0 Å². The van der Waals surface area contributed by atoms with Crippen molar-refractivity contribution < 1.29 is 18.9 Å². The Hall–Kier alpha value is 2.85. The van der Waals surface area contributed by atoms with Crippen molar-refractivity contribution in [1.82, 2.24) is 0 Å². The fourth-order valence-corrected chi connectivity index (χ4v) is 37.2. The fourth-order valence-electron chi connectivity index (χ4n) is 3.44. The molecule has 0 aliphatic heterocycles. The van der Waals surface area contributed by atoms with Gasteiger partial charge in [0.15, 0.2) is 13.1 Å². The molecule has 0 saturated carbocycles. The largest absolute Gasteiger partial charge is 1.00 e. The number of hydrogen-bond acceptors (Lipinski definition) is 0. The predicted molar refractivity (Wildman–Crippen MR) is 100 cm³/mol. The summed E-state index contributed by atoms with van der Waals surface area (Å²) in [6.45, 7) is 20.1. The van der Waals surface area contributed by atoms with Gasteiger partial charge in [-0.25, -0.2) is 0 Å². The van der Waals surface area contributed by atoms with Crippen molar-refractivity contribution in [3.63, 3.8) is 0 Å². The van der Waals surface area contributed by atoms with Gasteiger partial charge in [-0.3, -0.25) is 0 Å². The average Bonchev–Trinajstić information content (AvgIpc) is 1.95. The second kappa shape index (κ2) is 11.4. The van der Waals surface area contributed by atoms with Crippen LogP contribution in [0.3, 0.4) is 0 Å². The first-order chi connectivity index (χ1) is 7.67. The third-order valence-electron chi connectivity index (χ3n) is 3.01. The van der Waals surface area contributed by atoms with Crippen LogP contribution in [0.4, 0.5) is 0 Å². The molecule has 0 unspecified atom stereocenters. The summed E-state index contributed by atoms with van der Waals surface area (Å²) in [6.07, 6.45) is 0. The molecule has 0 aromatic rings. The molecule has 18 heavy (non-hydrogen) atoms. The minimum atomic E-state index is -1.26. The Labute approximate surface area is 136 Å². The van der Waals surface area contributed by atoms with E-state index in [1.54, 1.807) is 20.1 Å². The molecule has 0 saturated heterocycles. The molecule has 0 nitrogen and oxygen atoms in total. The summed E-state index contributed by atoms with van der Waals surface area (Å²) in [7, 11) is 1.30. The van der Waals surface area contributed by atoms with Crippen LogP contribution in [0.25, 0.3) is 0 Å². The molecule has 104 valence electrons. The Bertz CT molecular complexity index is 165. The molecular formula is C12H32AlLiP4. The van der Waals surface area contributed by atoms with E-state index in [0.29, 0.717) is 31.7 Å².